The molecule has 15 heavy (non-hydrogen) atoms. The highest BCUT2D eigenvalue weighted by atomic mass is 32.1. The Balaban J connectivity index is 2.23. The van der Waals surface area contributed by atoms with Crippen LogP contribution in [0.3, 0.4) is 0 Å². The first-order valence-corrected chi connectivity index (χ1v) is 5.76. The Labute approximate surface area is 94.6 Å². The average molecular weight is 212 g/mol. The van der Waals surface area contributed by atoms with Crippen molar-refractivity contribution in [2.75, 3.05) is 0 Å². The maximum absolute atomic E-state index is 5.35. The van der Waals surface area contributed by atoms with Crippen molar-refractivity contribution in [3.05, 3.63) is 57.3 Å². The number of benzene rings is 1. The van der Waals surface area contributed by atoms with Gasteiger partial charge in [0.15, 0.2) is 0 Å². The van der Waals surface area contributed by atoms with Crippen LogP contribution in [0.15, 0.2) is 35.7 Å². The van der Waals surface area contributed by atoms with E-state index in [9.17, 15) is 0 Å². The molecular weight excluding hydrogens is 200 g/mol. The van der Waals surface area contributed by atoms with Gasteiger partial charge in [-0.05, 0) is 41.5 Å². The summed E-state index contributed by atoms with van der Waals surface area (Å²) in [5, 5.41) is 2.14. The Kier molecular flexibility index (Phi) is 2.89. The van der Waals surface area contributed by atoms with E-state index in [4.69, 9.17) is 6.42 Å². The van der Waals surface area contributed by atoms with Crippen LogP contribution in [0.1, 0.15) is 21.6 Å². The van der Waals surface area contributed by atoms with Gasteiger partial charge < -0.3 is 0 Å². The second-order valence-electron chi connectivity index (χ2n) is 3.57. The molecule has 1 aromatic heterocycles. The van der Waals surface area contributed by atoms with Crippen LogP contribution in [0, 0.1) is 19.3 Å². The monoisotopic (exact) mass is 212 g/mol. The molecule has 0 atom stereocenters. The number of rotatable bonds is 2. The molecule has 0 aliphatic carbocycles. The molecule has 0 unspecified atom stereocenters. The largest absolute Gasteiger partial charge is 0.135 e. The molecule has 0 saturated heterocycles. The lowest BCUT2D eigenvalue weighted by atomic mass is 10.0. The minimum absolute atomic E-state index is 0.977. The van der Waals surface area contributed by atoms with Gasteiger partial charge in [-0.25, -0.2) is 0 Å². The Morgan fingerprint density at radius 2 is 2.13 bits per heavy atom. The highest BCUT2D eigenvalue weighted by Crippen LogP contribution is 2.18. The molecule has 1 aromatic carbocycles. The number of aryl methyl sites for hydroxylation is 1. The summed E-state index contributed by atoms with van der Waals surface area (Å²) < 4.78 is 0. The van der Waals surface area contributed by atoms with Crippen molar-refractivity contribution in [3.8, 4) is 12.3 Å². The lowest BCUT2D eigenvalue weighted by Gasteiger charge is -2.02. The van der Waals surface area contributed by atoms with E-state index in [1.165, 1.54) is 16.7 Å². The minimum atomic E-state index is 0.977. The van der Waals surface area contributed by atoms with Crippen LogP contribution in [0.4, 0.5) is 0 Å². The predicted octanol–water partition coefficient (Wildman–Crippen LogP) is 3.63. The van der Waals surface area contributed by atoms with Crippen LogP contribution in [0.25, 0.3) is 0 Å². The Morgan fingerprint density at radius 3 is 2.80 bits per heavy atom. The van der Waals surface area contributed by atoms with E-state index in [0.717, 1.165) is 11.3 Å². The van der Waals surface area contributed by atoms with Crippen LogP contribution in [-0.4, -0.2) is 0 Å². The summed E-state index contributed by atoms with van der Waals surface area (Å²) in [6.45, 7) is 2.14. The van der Waals surface area contributed by atoms with Gasteiger partial charge >= 0.3 is 0 Å². The van der Waals surface area contributed by atoms with Gasteiger partial charge in [0.2, 0.25) is 0 Å². The molecule has 0 N–H and O–H groups in total. The molecule has 0 bridgehead atoms. The van der Waals surface area contributed by atoms with E-state index in [1.807, 2.05) is 0 Å². The van der Waals surface area contributed by atoms with Gasteiger partial charge in [0, 0.05) is 0 Å². The fourth-order valence-corrected chi connectivity index (χ4v) is 2.29. The highest BCUT2D eigenvalue weighted by Gasteiger charge is 2.01. The lowest BCUT2D eigenvalue weighted by molar-refractivity contribution is 1.17. The van der Waals surface area contributed by atoms with Crippen LogP contribution < -0.4 is 0 Å². The molecule has 0 aliphatic rings. The molecule has 0 aliphatic heterocycles. The van der Waals surface area contributed by atoms with Crippen LogP contribution >= 0.6 is 11.3 Å². The SMILES string of the molecule is C#Cc1cc(Cc2ccccc2C)cs1. The van der Waals surface area contributed by atoms with Crippen molar-refractivity contribution in [2.24, 2.45) is 0 Å². The molecular formula is C14H12S. The third-order valence-electron chi connectivity index (χ3n) is 2.45. The predicted molar refractivity (Wildman–Crippen MR) is 66.2 cm³/mol. The maximum atomic E-state index is 5.35. The lowest BCUT2D eigenvalue weighted by Crippen LogP contribution is -1.88. The summed E-state index contributed by atoms with van der Waals surface area (Å²) in [5.74, 6) is 2.67. The smallest absolute Gasteiger partial charge is 0.0768 e. The Morgan fingerprint density at radius 1 is 1.33 bits per heavy atom. The first-order chi connectivity index (χ1) is 7.29. The summed E-state index contributed by atoms with van der Waals surface area (Å²) in [6, 6.07) is 10.6. The molecule has 2 aromatic rings. The van der Waals surface area contributed by atoms with E-state index >= 15 is 0 Å². The standard InChI is InChI=1S/C14H12S/c1-3-14-9-12(10-15-14)8-13-7-5-4-6-11(13)2/h1,4-7,9-10H,8H2,2H3. The molecule has 1 heteroatoms. The second-order valence-corrected chi connectivity index (χ2v) is 4.48. The molecule has 0 radical (unpaired) electrons. The molecule has 0 amide bonds. The fraction of sp³-hybridized carbons (Fsp3) is 0.143. The molecule has 0 spiro atoms. The first kappa shape index (κ1) is 10.0. The summed E-state index contributed by atoms with van der Waals surface area (Å²) in [6.07, 6.45) is 6.32. The summed E-state index contributed by atoms with van der Waals surface area (Å²) in [5.41, 5.74) is 4.02. The second kappa shape index (κ2) is 4.33. The minimum Gasteiger partial charge on any atom is -0.135 e. The molecule has 0 nitrogen and oxygen atoms in total. The van der Waals surface area contributed by atoms with Crippen molar-refractivity contribution >= 4 is 11.3 Å². The van der Waals surface area contributed by atoms with Crippen molar-refractivity contribution in [1.82, 2.24) is 0 Å². The number of hydrogen-bond donors (Lipinski definition) is 0. The summed E-state index contributed by atoms with van der Waals surface area (Å²) in [4.78, 5) is 1.01. The third-order valence-corrected chi connectivity index (χ3v) is 3.36. The van der Waals surface area contributed by atoms with Gasteiger partial charge in [0.25, 0.3) is 0 Å². The quantitative estimate of drug-likeness (QED) is 0.667. The molecule has 1 heterocycles. The van der Waals surface area contributed by atoms with E-state index in [1.54, 1.807) is 11.3 Å². The molecule has 0 fully saturated rings. The molecule has 0 saturated carbocycles. The highest BCUT2D eigenvalue weighted by molar-refractivity contribution is 7.10. The van der Waals surface area contributed by atoms with E-state index in [0.29, 0.717) is 0 Å². The van der Waals surface area contributed by atoms with Gasteiger partial charge in [-0.2, -0.15) is 0 Å². The summed E-state index contributed by atoms with van der Waals surface area (Å²) in [7, 11) is 0. The Hall–Kier alpha value is -1.52. The van der Waals surface area contributed by atoms with Gasteiger partial charge in [-0.15, -0.1) is 17.8 Å². The topological polar surface area (TPSA) is 0 Å². The zero-order valence-electron chi connectivity index (χ0n) is 8.66. The molecule has 74 valence electrons. The normalized spacial score (nSPS) is 9.87. The zero-order valence-corrected chi connectivity index (χ0v) is 9.47. The van der Waals surface area contributed by atoms with E-state index < -0.39 is 0 Å². The van der Waals surface area contributed by atoms with Gasteiger partial charge in [-0.3, -0.25) is 0 Å². The zero-order chi connectivity index (χ0) is 10.7. The van der Waals surface area contributed by atoms with E-state index in [2.05, 4.69) is 48.6 Å². The van der Waals surface area contributed by atoms with Crippen molar-refractivity contribution in [3.63, 3.8) is 0 Å². The maximum Gasteiger partial charge on any atom is 0.0768 e. The average Bonchev–Trinajstić information content (AvgIpc) is 2.69. The van der Waals surface area contributed by atoms with Crippen LogP contribution in [0.2, 0.25) is 0 Å². The Bertz CT molecular complexity index is 500. The molecule has 2 rings (SSSR count). The third kappa shape index (κ3) is 2.29. The van der Waals surface area contributed by atoms with Crippen molar-refractivity contribution in [1.29, 1.82) is 0 Å². The summed E-state index contributed by atoms with van der Waals surface area (Å²) >= 11 is 1.64. The van der Waals surface area contributed by atoms with Crippen LogP contribution in [-0.2, 0) is 6.42 Å². The number of hydrogen-bond acceptors (Lipinski definition) is 1. The van der Waals surface area contributed by atoms with Gasteiger partial charge in [0.1, 0.15) is 0 Å². The first-order valence-electron chi connectivity index (χ1n) is 4.88. The number of thiophene rings is 1. The van der Waals surface area contributed by atoms with Crippen molar-refractivity contribution < 1.29 is 0 Å². The number of terminal acetylenes is 1. The van der Waals surface area contributed by atoms with Gasteiger partial charge in [0.05, 0.1) is 4.88 Å². The van der Waals surface area contributed by atoms with Crippen molar-refractivity contribution in [2.45, 2.75) is 13.3 Å². The van der Waals surface area contributed by atoms with Crippen LogP contribution in [0.5, 0.6) is 0 Å². The van der Waals surface area contributed by atoms with Gasteiger partial charge in [-0.1, -0.05) is 30.2 Å². The van der Waals surface area contributed by atoms with E-state index in [-0.39, 0.29) is 0 Å². The fourth-order valence-electron chi connectivity index (χ4n) is 1.57.